The van der Waals surface area contributed by atoms with E-state index in [9.17, 15) is 4.39 Å². The minimum Gasteiger partial charge on any atom is -0.397 e. The number of hydrazine groups is 1. The Hall–Kier alpha value is -1.29. The van der Waals surface area contributed by atoms with E-state index in [2.05, 4.69) is 5.43 Å². The Morgan fingerprint density at radius 3 is 2.60 bits per heavy atom. The molecule has 0 unspecified atom stereocenters. The van der Waals surface area contributed by atoms with Crippen molar-refractivity contribution < 1.29 is 4.39 Å². The minimum absolute atomic E-state index is 0.308. The van der Waals surface area contributed by atoms with Crippen LogP contribution in [0.1, 0.15) is 0 Å². The lowest BCUT2D eigenvalue weighted by Crippen LogP contribution is -2.08. The van der Waals surface area contributed by atoms with Crippen molar-refractivity contribution in [2.45, 2.75) is 0 Å². The van der Waals surface area contributed by atoms with Crippen LogP contribution in [0.5, 0.6) is 0 Å². The number of benzene rings is 1. The molecular formula is C6H8FN3. The molecule has 1 aromatic rings. The van der Waals surface area contributed by atoms with Crippen LogP contribution in [-0.4, -0.2) is 0 Å². The van der Waals surface area contributed by atoms with Gasteiger partial charge in [0.25, 0.3) is 0 Å². The third kappa shape index (κ3) is 1.16. The highest BCUT2D eigenvalue weighted by Gasteiger charge is 1.96. The van der Waals surface area contributed by atoms with Gasteiger partial charge in [0.05, 0.1) is 11.4 Å². The standard InChI is InChI=1S/C6H8FN3/c7-4-1-2-6(10-9)5(8)3-4/h1-3,10H,8-9H2. The van der Waals surface area contributed by atoms with Crippen molar-refractivity contribution in [3.8, 4) is 0 Å². The summed E-state index contributed by atoms with van der Waals surface area (Å²) < 4.78 is 12.3. The predicted molar refractivity (Wildman–Crippen MR) is 38.6 cm³/mol. The number of nitrogens with one attached hydrogen (secondary N) is 1. The average Bonchev–Trinajstić information content (AvgIpc) is 1.88. The third-order valence-electron chi connectivity index (χ3n) is 1.17. The topological polar surface area (TPSA) is 64.1 Å². The molecule has 0 saturated carbocycles. The van der Waals surface area contributed by atoms with Crippen LogP contribution in [-0.2, 0) is 0 Å². The molecular weight excluding hydrogens is 133 g/mol. The Balaban J connectivity index is 3.07. The molecule has 0 atom stereocenters. The molecule has 0 bridgehead atoms. The van der Waals surface area contributed by atoms with Gasteiger partial charge in [0.2, 0.25) is 0 Å². The summed E-state index contributed by atoms with van der Waals surface area (Å²) in [6.45, 7) is 0. The van der Waals surface area contributed by atoms with E-state index in [4.69, 9.17) is 11.6 Å². The zero-order chi connectivity index (χ0) is 7.56. The minimum atomic E-state index is -0.364. The fourth-order valence-electron chi connectivity index (χ4n) is 0.665. The molecule has 0 aliphatic heterocycles. The first-order chi connectivity index (χ1) is 4.74. The summed E-state index contributed by atoms with van der Waals surface area (Å²) in [5, 5.41) is 0. The number of rotatable bonds is 1. The first-order valence-electron chi connectivity index (χ1n) is 2.75. The fourth-order valence-corrected chi connectivity index (χ4v) is 0.665. The second-order valence-corrected chi connectivity index (χ2v) is 1.88. The highest BCUT2D eigenvalue weighted by Crippen LogP contribution is 2.16. The van der Waals surface area contributed by atoms with Crippen molar-refractivity contribution in [3.63, 3.8) is 0 Å². The van der Waals surface area contributed by atoms with E-state index in [-0.39, 0.29) is 5.82 Å². The zero-order valence-electron chi connectivity index (χ0n) is 5.26. The van der Waals surface area contributed by atoms with Gasteiger partial charge in [-0.2, -0.15) is 0 Å². The summed E-state index contributed by atoms with van der Waals surface area (Å²) in [6.07, 6.45) is 0. The lowest BCUT2D eigenvalue weighted by Gasteiger charge is -2.02. The van der Waals surface area contributed by atoms with Gasteiger partial charge in [-0.1, -0.05) is 0 Å². The molecule has 0 radical (unpaired) electrons. The Morgan fingerprint density at radius 1 is 1.40 bits per heavy atom. The van der Waals surface area contributed by atoms with Crippen molar-refractivity contribution in [3.05, 3.63) is 24.0 Å². The quantitative estimate of drug-likeness (QED) is 0.306. The van der Waals surface area contributed by atoms with Crippen LogP contribution in [0.4, 0.5) is 15.8 Å². The van der Waals surface area contributed by atoms with Crippen LogP contribution in [0, 0.1) is 5.82 Å². The summed E-state index contributed by atoms with van der Waals surface area (Å²) in [5.41, 5.74) is 8.52. The zero-order valence-corrected chi connectivity index (χ0v) is 5.26. The smallest absolute Gasteiger partial charge is 0.125 e. The molecule has 0 aliphatic carbocycles. The summed E-state index contributed by atoms with van der Waals surface area (Å²) in [5.74, 6) is 4.68. The van der Waals surface area contributed by atoms with Gasteiger partial charge < -0.3 is 11.2 Å². The van der Waals surface area contributed by atoms with Gasteiger partial charge in [0.1, 0.15) is 5.82 Å². The highest BCUT2D eigenvalue weighted by molar-refractivity contribution is 5.65. The van der Waals surface area contributed by atoms with Crippen LogP contribution in [0.3, 0.4) is 0 Å². The van der Waals surface area contributed by atoms with Crippen LogP contribution >= 0.6 is 0 Å². The molecule has 0 aromatic heterocycles. The molecule has 54 valence electrons. The van der Waals surface area contributed by atoms with Gasteiger partial charge >= 0.3 is 0 Å². The van der Waals surface area contributed by atoms with Gasteiger partial charge in [-0.25, -0.2) is 4.39 Å². The molecule has 0 aliphatic rings. The number of nitrogens with two attached hydrogens (primary N) is 2. The summed E-state index contributed by atoms with van der Waals surface area (Å²) >= 11 is 0. The largest absolute Gasteiger partial charge is 0.397 e. The van der Waals surface area contributed by atoms with Crippen molar-refractivity contribution in [1.82, 2.24) is 0 Å². The fraction of sp³-hybridized carbons (Fsp3) is 0. The van der Waals surface area contributed by atoms with E-state index in [1.54, 1.807) is 0 Å². The van der Waals surface area contributed by atoms with Crippen LogP contribution in [0.2, 0.25) is 0 Å². The molecule has 5 N–H and O–H groups in total. The van der Waals surface area contributed by atoms with Crippen LogP contribution < -0.4 is 17.0 Å². The van der Waals surface area contributed by atoms with E-state index in [1.807, 2.05) is 0 Å². The normalized spacial score (nSPS) is 9.40. The SMILES string of the molecule is NNc1ccc(F)cc1N. The van der Waals surface area contributed by atoms with Crippen molar-refractivity contribution in [2.75, 3.05) is 11.2 Å². The predicted octanol–water partition coefficient (Wildman–Crippen LogP) is 0.694. The monoisotopic (exact) mass is 141 g/mol. The summed E-state index contributed by atoms with van der Waals surface area (Å²) in [6, 6.07) is 3.96. The maximum Gasteiger partial charge on any atom is 0.125 e. The number of nitrogen functional groups attached to an aromatic ring is 2. The van der Waals surface area contributed by atoms with E-state index in [0.717, 1.165) is 0 Å². The molecule has 1 aromatic carbocycles. The van der Waals surface area contributed by atoms with E-state index >= 15 is 0 Å². The molecule has 0 fully saturated rings. The second kappa shape index (κ2) is 2.53. The van der Waals surface area contributed by atoms with Crippen LogP contribution in [0.25, 0.3) is 0 Å². The number of hydrogen-bond acceptors (Lipinski definition) is 3. The van der Waals surface area contributed by atoms with E-state index in [0.29, 0.717) is 11.4 Å². The Morgan fingerprint density at radius 2 is 2.10 bits per heavy atom. The number of anilines is 2. The maximum absolute atomic E-state index is 12.3. The Kier molecular flexibility index (Phi) is 1.73. The van der Waals surface area contributed by atoms with Crippen molar-refractivity contribution in [2.24, 2.45) is 5.84 Å². The Bertz CT molecular complexity index is 236. The average molecular weight is 141 g/mol. The first kappa shape index (κ1) is 6.82. The van der Waals surface area contributed by atoms with Crippen LogP contribution in [0.15, 0.2) is 18.2 Å². The van der Waals surface area contributed by atoms with Gasteiger partial charge in [0, 0.05) is 0 Å². The lowest BCUT2D eigenvalue weighted by atomic mass is 10.3. The molecule has 4 heteroatoms. The van der Waals surface area contributed by atoms with Gasteiger partial charge in [-0.15, -0.1) is 0 Å². The van der Waals surface area contributed by atoms with E-state index in [1.165, 1.54) is 18.2 Å². The third-order valence-corrected chi connectivity index (χ3v) is 1.17. The van der Waals surface area contributed by atoms with E-state index < -0.39 is 0 Å². The highest BCUT2D eigenvalue weighted by atomic mass is 19.1. The maximum atomic E-state index is 12.3. The first-order valence-corrected chi connectivity index (χ1v) is 2.75. The van der Waals surface area contributed by atoms with Crippen molar-refractivity contribution in [1.29, 1.82) is 0 Å². The molecule has 0 spiro atoms. The summed E-state index contributed by atoms with van der Waals surface area (Å²) in [4.78, 5) is 0. The Labute approximate surface area is 57.8 Å². The molecule has 10 heavy (non-hydrogen) atoms. The van der Waals surface area contributed by atoms with Gasteiger partial charge in [0.15, 0.2) is 0 Å². The number of halogens is 1. The molecule has 1 rings (SSSR count). The molecule has 0 heterocycles. The lowest BCUT2D eigenvalue weighted by molar-refractivity contribution is 0.628. The molecule has 0 amide bonds. The molecule has 3 nitrogen and oxygen atoms in total. The van der Waals surface area contributed by atoms with Crippen molar-refractivity contribution >= 4 is 11.4 Å². The van der Waals surface area contributed by atoms with Gasteiger partial charge in [-0.05, 0) is 18.2 Å². The van der Waals surface area contributed by atoms with Gasteiger partial charge in [-0.3, -0.25) is 5.84 Å². The summed E-state index contributed by atoms with van der Waals surface area (Å²) in [7, 11) is 0. The number of hydrogen-bond donors (Lipinski definition) is 3. The molecule has 0 saturated heterocycles. The second-order valence-electron chi connectivity index (χ2n) is 1.88.